The number of anilines is 1. The van der Waals surface area contributed by atoms with Crippen LogP contribution in [0.15, 0.2) is 12.3 Å². The highest BCUT2D eigenvalue weighted by molar-refractivity contribution is 6.04. The van der Waals surface area contributed by atoms with Crippen LogP contribution in [0.3, 0.4) is 0 Å². The first-order chi connectivity index (χ1) is 13.9. The van der Waals surface area contributed by atoms with E-state index in [4.69, 9.17) is 5.73 Å². The SMILES string of the molecule is Cc1nn(C[C@@H]2CCC(F)(F)C2)c(C(=O)Nc2ccnc(C(N)=O)n2)c1C(F)(F)F. The molecule has 1 aliphatic rings. The van der Waals surface area contributed by atoms with Gasteiger partial charge in [-0.25, -0.2) is 18.7 Å². The molecule has 0 aliphatic heterocycles. The molecule has 1 saturated carbocycles. The minimum absolute atomic E-state index is 0.0994. The van der Waals surface area contributed by atoms with Gasteiger partial charge in [-0.2, -0.15) is 18.3 Å². The van der Waals surface area contributed by atoms with Gasteiger partial charge in [0.25, 0.3) is 11.8 Å². The van der Waals surface area contributed by atoms with E-state index in [1.807, 2.05) is 0 Å². The number of halogens is 5. The van der Waals surface area contributed by atoms with Crippen LogP contribution in [0.25, 0.3) is 0 Å². The molecule has 2 aromatic rings. The minimum atomic E-state index is -4.90. The predicted octanol–water partition coefficient (Wildman–Crippen LogP) is 2.79. The van der Waals surface area contributed by atoms with Crippen molar-refractivity contribution in [2.75, 3.05) is 5.32 Å². The number of carbonyl (C=O) groups excluding carboxylic acids is 2. The molecule has 3 N–H and O–H groups in total. The Morgan fingerprint density at radius 2 is 2.07 bits per heavy atom. The van der Waals surface area contributed by atoms with Crippen molar-refractivity contribution >= 4 is 17.6 Å². The molecular weight excluding hydrogens is 415 g/mol. The summed E-state index contributed by atoms with van der Waals surface area (Å²) >= 11 is 0. The summed E-state index contributed by atoms with van der Waals surface area (Å²) in [6.45, 7) is 0.806. The lowest BCUT2D eigenvalue weighted by Crippen LogP contribution is -2.25. The fourth-order valence-corrected chi connectivity index (χ4v) is 3.45. The summed E-state index contributed by atoms with van der Waals surface area (Å²) < 4.78 is 68.5. The Bertz CT molecular complexity index is 988. The summed E-state index contributed by atoms with van der Waals surface area (Å²) in [5, 5.41) is 5.93. The second kappa shape index (κ2) is 7.61. The van der Waals surface area contributed by atoms with Gasteiger partial charge in [0.05, 0.1) is 5.69 Å². The topological polar surface area (TPSA) is 116 Å². The van der Waals surface area contributed by atoms with Crippen molar-refractivity contribution in [3.8, 4) is 0 Å². The number of aryl methyl sites for hydroxylation is 1. The Kier molecular flexibility index (Phi) is 5.48. The summed E-state index contributed by atoms with van der Waals surface area (Å²) in [4.78, 5) is 31.1. The summed E-state index contributed by atoms with van der Waals surface area (Å²) in [5.74, 6) is -6.43. The van der Waals surface area contributed by atoms with Gasteiger partial charge >= 0.3 is 6.18 Å². The Morgan fingerprint density at radius 1 is 1.37 bits per heavy atom. The van der Waals surface area contributed by atoms with Crippen LogP contribution in [0.2, 0.25) is 0 Å². The fraction of sp³-hybridized carbons (Fsp3) is 0.471. The molecule has 0 unspecified atom stereocenters. The molecule has 0 bridgehead atoms. The van der Waals surface area contributed by atoms with Crippen molar-refractivity contribution in [3.63, 3.8) is 0 Å². The highest BCUT2D eigenvalue weighted by atomic mass is 19.4. The minimum Gasteiger partial charge on any atom is -0.363 e. The molecule has 0 radical (unpaired) electrons. The first-order valence-electron chi connectivity index (χ1n) is 8.84. The molecule has 162 valence electrons. The average molecular weight is 432 g/mol. The second-order valence-electron chi connectivity index (χ2n) is 7.04. The van der Waals surface area contributed by atoms with Gasteiger partial charge in [0.2, 0.25) is 11.7 Å². The maximum Gasteiger partial charge on any atom is 0.420 e. The molecule has 3 rings (SSSR count). The van der Waals surface area contributed by atoms with Crippen molar-refractivity contribution in [3.05, 3.63) is 35.0 Å². The van der Waals surface area contributed by atoms with Gasteiger partial charge in [0.15, 0.2) is 0 Å². The number of carbonyl (C=O) groups is 2. The van der Waals surface area contributed by atoms with Crippen molar-refractivity contribution in [2.24, 2.45) is 11.7 Å². The Labute approximate surface area is 166 Å². The van der Waals surface area contributed by atoms with E-state index >= 15 is 0 Å². The monoisotopic (exact) mass is 432 g/mol. The number of hydrogen-bond donors (Lipinski definition) is 2. The molecule has 8 nitrogen and oxygen atoms in total. The fourth-order valence-electron chi connectivity index (χ4n) is 3.45. The lowest BCUT2D eigenvalue weighted by atomic mass is 10.1. The number of hydrogen-bond acceptors (Lipinski definition) is 5. The third kappa shape index (κ3) is 4.54. The summed E-state index contributed by atoms with van der Waals surface area (Å²) in [6.07, 6.45) is -4.58. The molecule has 30 heavy (non-hydrogen) atoms. The molecule has 2 amide bonds. The van der Waals surface area contributed by atoms with Gasteiger partial charge in [0, 0.05) is 25.6 Å². The quantitative estimate of drug-likeness (QED) is 0.705. The zero-order valence-corrected chi connectivity index (χ0v) is 15.6. The first-order valence-corrected chi connectivity index (χ1v) is 8.84. The van der Waals surface area contributed by atoms with Crippen molar-refractivity contribution in [2.45, 2.75) is 44.8 Å². The number of aromatic nitrogens is 4. The van der Waals surface area contributed by atoms with Crippen LogP contribution < -0.4 is 11.1 Å². The van der Waals surface area contributed by atoms with Crippen molar-refractivity contribution < 1.29 is 31.5 Å². The molecule has 0 spiro atoms. The summed E-state index contributed by atoms with van der Waals surface area (Å²) in [7, 11) is 0. The average Bonchev–Trinajstić information content (AvgIpc) is 3.13. The molecule has 2 aromatic heterocycles. The maximum absolute atomic E-state index is 13.6. The van der Waals surface area contributed by atoms with Gasteiger partial charge in [-0.05, 0) is 25.3 Å². The first kappa shape index (κ1) is 21.6. The van der Waals surface area contributed by atoms with Crippen LogP contribution in [0.4, 0.5) is 27.8 Å². The zero-order chi connectivity index (χ0) is 22.3. The molecule has 2 heterocycles. The summed E-state index contributed by atoms with van der Waals surface area (Å²) in [5.41, 5.74) is 2.49. The molecule has 1 atom stereocenters. The molecular formula is C17H17F5N6O2. The van der Waals surface area contributed by atoms with Crippen LogP contribution >= 0.6 is 0 Å². The number of nitrogens with two attached hydrogens (primary N) is 1. The number of alkyl halides is 5. The van der Waals surface area contributed by atoms with Gasteiger partial charge in [-0.15, -0.1) is 0 Å². The Morgan fingerprint density at radius 3 is 2.63 bits per heavy atom. The number of rotatable bonds is 5. The van der Waals surface area contributed by atoms with E-state index in [0.717, 1.165) is 23.9 Å². The normalized spacial score (nSPS) is 18.4. The molecule has 13 heteroatoms. The molecule has 1 aliphatic carbocycles. The van der Waals surface area contributed by atoms with Crippen LogP contribution in [0.5, 0.6) is 0 Å². The Hall–Kier alpha value is -3.12. The predicted molar refractivity (Wildman–Crippen MR) is 92.8 cm³/mol. The number of amides is 2. The largest absolute Gasteiger partial charge is 0.420 e. The molecule has 0 aromatic carbocycles. The van der Waals surface area contributed by atoms with Gasteiger partial charge in [-0.1, -0.05) is 0 Å². The Balaban J connectivity index is 1.95. The third-order valence-corrected chi connectivity index (χ3v) is 4.68. The lowest BCUT2D eigenvalue weighted by Gasteiger charge is -2.15. The van der Waals surface area contributed by atoms with Gasteiger partial charge in [0.1, 0.15) is 17.1 Å². The molecule has 1 fully saturated rings. The van der Waals surface area contributed by atoms with Gasteiger partial charge < -0.3 is 11.1 Å². The number of nitrogens with one attached hydrogen (secondary N) is 1. The maximum atomic E-state index is 13.6. The highest BCUT2D eigenvalue weighted by Crippen LogP contribution is 2.40. The van der Waals surface area contributed by atoms with Crippen molar-refractivity contribution in [1.29, 1.82) is 0 Å². The van der Waals surface area contributed by atoms with E-state index in [9.17, 15) is 31.5 Å². The highest BCUT2D eigenvalue weighted by Gasteiger charge is 2.43. The van der Waals surface area contributed by atoms with Gasteiger partial charge in [-0.3, -0.25) is 14.3 Å². The van der Waals surface area contributed by atoms with Crippen LogP contribution in [0, 0.1) is 12.8 Å². The van der Waals surface area contributed by atoms with Crippen LogP contribution in [-0.2, 0) is 12.7 Å². The van der Waals surface area contributed by atoms with E-state index in [1.165, 1.54) is 0 Å². The second-order valence-corrected chi connectivity index (χ2v) is 7.04. The zero-order valence-electron chi connectivity index (χ0n) is 15.6. The standard InChI is InChI=1S/C17H17F5N6O2/c1-8-11(17(20,21)22)12(28(27-8)7-9-2-4-16(18,19)6-9)15(30)26-10-3-5-24-14(25-10)13(23)29/h3,5,9H,2,4,6-7H2,1H3,(H2,23,29)(H,24,25,26,30)/t9-/m1/s1. The molecule has 0 saturated heterocycles. The lowest BCUT2D eigenvalue weighted by molar-refractivity contribution is -0.138. The van der Waals surface area contributed by atoms with E-state index in [0.29, 0.717) is 0 Å². The van der Waals surface area contributed by atoms with Crippen LogP contribution in [0.1, 0.15) is 51.6 Å². The summed E-state index contributed by atoms with van der Waals surface area (Å²) in [6, 6.07) is 1.16. The van der Waals surface area contributed by atoms with E-state index < -0.39 is 59.0 Å². The third-order valence-electron chi connectivity index (χ3n) is 4.68. The van der Waals surface area contributed by atoms with Crippen molar-refractivity contribution in [1.82, 2.24) is 19.7 Å². The van der Waals surface area contributed by atoms with E-state index in [-0.39, 0.29) is 25.2 Å². The smallest absolute Gasteiger partial charge is 0.363 e. The van der Waals surface area contributed by atoms with E-state index in [2.05, 4.69) is 20.4 Å². The number of primary amides is 1. The van der Waals surface area contributed by atoms with Crippen LogP contribution in [-0.4, -0.2) is 37.5 Å². The van der Waals surface area contributed by atoms with E-state index in [1.54, 1.807) is 0 Å². The number of nitrogens with zero attached hydrogens (tertiary/aromatic N) is 4.